The van der Waals surface area contributed by atoms with Gasteiger partial charge in [0.25, 0.3) is 0 Å². The molecule has 114 valence electrons. The van der Waals surface area contributed by atoms with Gasteiger partial charge >= 0.3 is 0 Å². The maximum absolute atomic E-state index is 12.3. The molecule has 2 aromatic rings. The standard InChI is InChI=1S/C14H18BrN3O2S/c1-16-9-13-7-14(10-18(13)2)21(19,20)17-8-11-4-3-5-12(15)6-11/h3-7,10,16-17H,8-9H2,1-2H3. The van der Waals surface area contributed by atoms with Gasteiger partial charge in [0.15, 0.2) is 0 Å². The zero-order valence-corrected chi connectivity index (χ0v) is 14.3. The van der Waals surface area contributed by atoms with Gasteiger partial charge in [0.1, 0.15) is 0 Å². The van der Waals surface area contributed by atoms with Gasteiger partial charge in [-0.15, -0.1) is 0 Å². The van der Waals surface area contributed by atoms with E-state index in [0.29, 0.717) is 6.54 Å². The quantitative estimate of drug-likeness (QED) is 0.815. The molecular weight excluding hydrogens is 354 g/mol. The van der Waals surface area contributed by atoms with Crippen molar-refractivity contribution in [3.63, 3.8) is 0 Å². The number of hydrogen-bond acceptors (Lipinski definition) is 3. The monoisotopic (exact) mass is 371 g/mol. The minimum absolute atomic E-state index is 0.262. The highest BCUT2D eigenvalue weighted by Gasteiger charge is 2.17. The van der Waals surface area contributed by atoms with Crippen molar-refractivity contribution in [3.05, 3.63) is 52.3 Å². The summed E-state index contributed by atoms with van der Waals surface area (Å²) >= 11 is 3.37. The molecule has 0 fully saturated rings. The molecule has 0 bridgehead atoms. The highest BCUT2D eigenvalue weighted by atomic mass is 79.9. The lowest BCUT2D eigenvalue weighted by molar-refractivity contribution is 0.581. The second-order valence-corrected chi connectivity index (χ2v) is 7.45. The molecule has 0 atom stereocenters. The van der Waals surface area contributed by atoms with Gasteiger partial charge in [0, 0.05) is 36.5 Å². The van der Waals surface area contributed by atoms with Crippen molar-refractivity contribution in [2.24, 2.45) is 7.05 Å². The first-order valence-electron chi connectivity index (χ1n) is 6.46. The van der Waals surface area contributed by atoms with E-state index in [4.69, 9.17) is 0 Å². The minimum atomic E-state index is -3.51. The predicted octanol–water partition coefficient (Wildman–Crippen LogP) is 1.99. The third-order valence-electron chi connectivity index (χ3n) is 3.11. The predicted molar refractivity (Wildman–Crippen MR) is 86.3 cm³/mol. The Morgan fingerprint density at radius 3 is 2.67 bits per heavy atom. The van der Waals surface area contributed by atoms with Crippen LogP contribution in [0.4, 0.5) is 0 Å². The molecule has 0 unspecified atom stereocenters. The van der Waals surface area contributed by atoms with Gasteiger partial charge in [0.2, 0.25) is 10.0 Å². The Hall–Kier alpha value is -1.15. The van der Waals surface area contributed by atoms with Crippen LogP contribution in [0.3, 0.4) is 0 Å². The van der Waals surface area contributed by atoms with Crippen molar-refractivity contribution in [1.29, 1.82) is 0 Å². The molecular formula is C14H18BrN3O2S. The van der Waals surface area contributed by atoms with Crippen LogP contribution in [-0.2, 0) is 30.2 Å². The topological polar surface area (TPSA) is 63.1 Å². The van der Waals surface area contributed by atoms with Gasteiger partial charge in [-0.3, -0.25) is 0 Å². The molecule has 1 aromatic carbocycles. The van der Waals surface area contributed by atoms with E-state index in [1.807, 2.05) is 42.9 Å². The smallest absolute Gasteiger partial charge is 0.242 e. The first kappa shape index (κ1) is 16.2. The third kappa shape index (κ3) is 4.16. The summed E-state index contributed by atoms with van der Waals surface area (Å²) in [6.45, 7) is 0.885. The number of hydrogen-bond donors (Lipinski definition) is 2. The maximum atomic E-state index is 12.3. The average Bonchev–Trinajstić information content (AvgIpc) is 2.80. The number of nitrogens with zero attached hydrogens (tertiary/aromatic N) is 1. The minimum Gasteiger partial charge on any atom is -0.352 e. The highest BCUT2D eigenvalue weighted by molar-refractivity contribution is 9.10. The average molecular weight is 372 g/mol. The fraction of sp³-hybridized carbons (Fsp3) is 0.286. The molecule has 5 nitrogen and oxygen atoms in total. The third-order valence-corrected chi connectivity index (χ3v) is 4.97. The molecule has 21 heavy (non-hydrogen) atoms. The van der Waals surface area contributed by atoms with Gasteiger partial charge in [-0.05, 0) is 30.8 Å². The summed E-state index contributed by atoms with van der Waals surface area (Å²) in [6, 6.07) is 9.23. The number of halogens is 1. The molecule has 0 aliphatic rings. The maximum Gasteiger partial charge on any atom is 0.242 e. The number of aromatic nitrogens is 1. The van der Waals surface area contributed by atoms with Crippen LogP contribution in [0.5, 0.6) is 0 Å². The van der Waals surface area contributed by atoms with Crippen molar-refractivity contribution >= 4 is 26.0 Å². The van der Waals surface area contributed by atoms with Crippen molar-refractivity contribution in [2.45, 2.75) is 18.0 Å². The molecule has 0 spiro atoms. The summed E-state index contributed by atoms with van der Waals surface area (Å²) in [5.74, 6) is 0. The van der Waals surface area contributed by atoms with Crippen LogP contribution in [0.1, 0.15) is 11.3 Å². The van der Waals surface area contributed by atoms with Gasteiger partial charge in [0.05, 0.1) is 4.90 Å². The van der Waals surface area contributed by atoms with E-state index in [2.05, 4.69) is 26.0 Å². The molecule has 0 aliphatic heterocycles. The molecule has 2 N–H and O–H groups in total. The van der Waals surface area contributed by atoms with Crippen LogP contribution in [0.15, 0.2) is 45.9 Å². The number of aryl methyl sites for hydroxylation is 1. The molecule has 0 amide bonds. The normalized spacial score (nSPS) is 11.8. The van der Waals surface area contributed by atoms with E-state index < -0.39 is 10.0 Å². The second kappa shape index (κ2) is 6.74. The molecule has 7 heteroatoms. The fourth-order valence-corrected chi connectivity index (χ4v) is 3.55. The SMILES string of the molecule is CNCc1cc(S(=O)(=O)NCc2cccc(Br)c2)cn1C. The van der Waals surface area contributed by atoms with E-state index in [9.17, 15) is 8.42 Å². The van der Waals surface area contributed by atoms with E-state index in [1.165, 1.54) is 0 Å². The lowest BCUT2D eigenvalue weighted by atomic mass is 10.2. The van der Waals surface area contributed by atoms with Gasteiger partial charge in [-0.25, -0.2) is 13.1 Å². The highest BCUT2D eigenvalue weighted by Crippen LogP contribution is 2.15. The number of sulfonamides is 1. The van der Waals surface area contributed by atoms with Crippen LogP contribution in [-0.4, -0.2) is 20.0 Å². The Kier molecular flexibility index (Phi) is 5.21. The fourth-order valence-electron chi connectivity index (χ4n) is 1.99. The van der Waals surface area contributed by atoms with E-state index in [1.54, 1.807) is 12.3 Å². The van der Waals surface area contributed by atoms with Gasteiger partial charge in [-0.1, -0.05) is 28.1 Å². The number of benzene rings is 1. The summed E-state index contributed by atoms with van der Waals surface area (Å²) in [5, 5.41) is 3.01. The van der Waals surface area contributed by atoms with Crippen LogP contribution >= 0.6 is 15.9 Å². The van der Waals surface area contributed by atoms with Crippen molar-refractivity contribution in [1.82, 2.24) is 14.6 Å². The molecule has 0 saturated carbocycles. The summed E-state index contributed by atoms with van der Waals surface area (Å²) in [5.41, 5.74) is 1.82. The largest absolute Gasteiger partial charge is 0.352 e. The number of nitrogens with one attached hydrogen (secondary N) is 2. The van der Waals surface area contributed by atoms with Gasteiger partial charge in [-0.2, -0.15) is 0 Å². The van der Waals surface area contributed by atoms with E-state index >= 15 is 0 Å². The Bertz CT molecular complexity index is 726. The lowest BCUT2D eigenvalue weighted by Gasteiger charge is -2.05. The summed E-state index contributed by atoms with van der Waals surface area (Å²) in [4.78, 5) is 0.283. The molecule has 0 aliphatic carbocycles. The van der Waals surface area contributed by atoms with Crippen molar-refractivity contribution in [2.75, 3.05) is 7.05 Å². The first-order valence-corrected chi connectivity index (χ1v) is 8.74. The van der Waals surface area contributed by atoms with E-state index in [-0.39, 0.29) is 11.4 Å². The van der Waals surface area contributed by atoms with Crippen LogP contribution < -0.4 is 10.0 Å². The summed E-state index contributed by atoms with van der Waals surface area (Å²) < 4.78 is 30.0. The van der Waals surface area contributed by atoms with Crippen LogP contribution in [0.2, 0.25) is 0 Å². The Morgan fingerprint density at radius 2 is 2.00 bits per heavy atom. The molecule has 0 saturated heterocycles. The Morgan fingerprint density at radius 1 is 1.24 bits per heavy atom. The zero-order valence-electron chi connectivity index (χ0n) is 11.9. The molecule has 1 aromatic heterocycles. The molecule has 2 rings (SSSR count). The Labute approximate surface area is 133 Å². The summed E-state index contributed by atoms with van der Waals surface area (Å²) in [7, 11) is 0.154. The van der Waals surface area contributed by atoms with E-state index in [0.717, 1.165) is 15.7 Å². The van der Waals surface area contributed by atoms with Crippen LogP contribution in [0.25, 0.3) is 0 Å². The van der Waals surface area contributed by atoms with Crippen molar-refractivity contribution < 1.29 is 8.42 Å². The van der Waals surface area contributed by atoms with Crippen LogP contribution in [0, 0.1) is 0 Å². The van der Waals surface area contributed by atoms with Gasteiger partial charge < -0.3 is 9.88 Å². The summed E-state index contributed by atoms with van der Waals surface area (Å²) in [6.07, 6.45) is 1.62. The lowest BCUT2D eigenvalue weighted by Crippen LogP contribution is -2.22. The Balaban J connectivity index is 2.13. The number of rotatable bonds is 6. The first-order chi connectivity index (χ1) is 9.92. The zero-order chi connectivity index (χ0) is 15.5. The second-order valence-electron chi connectivity index (χ2n) is 4.76. The molecule has 1 heterocycles. The molecule has 0 radical (unpaired) electrons. The van der Waals surface area contributed by atoms with Crippen molar-refractivity contribution in [3.8, 4) is 0 Å².